The van der Waals surface area contributed by atoms with Crippen LogP contribution in [0.15, 0.2) is 24.3 Å². The fourth-order valence-corrected chi connectivity index (χ4v) is 4.02. The van der Waals surface area contributed by atoms with Gasteiger partial charge in [-0.25, -0.2) is 8.42 Å². The Morgan fingerprint density at radius 2 is 1.80 bits per heavy atom. The lowest BCUT2D eigenvalue weighted by Gasteiger charge is -2.44. The predicted octanol–water partition coefficient (Wildman–Crippen LogP) is 1.12. The summed E-state index contributed by atoms with van der Waals surface area (Å²) in [6.45, 7) is 5.97. The zero-order valence-corrected chi connectivity index (χ0v) is 13.2. The summed E-state index contributed by atoms with van der Waals surface area (Å²) >= 11 is 0. The number of rotatable bonds is 3. The van der Waals surface area contributed by atoms with Gasteiger partial charge in [0.25, 0.3) is 0 Å². The van der Waals surface area contributed by atoms with E-state index in [1.165, 1.54) is 0 Å². The number of anilines is 1. The van der Waals surface area contributed by atoms with Crippen molar-refractivity contribution >= 4 is 15.7 Å². The molecule has 0 bridgehead atoms. The minimum absolute atomic E-state index is 0.0348. The van der Waals surface area contributed by atoms with E-state index in [-0.39, 0.29) is 11.3 Å². The normalized spacial score (nSPS) is 20.9. The molecule has 1 aliphatic heterocycles. The maximum Gasteiger partial charge on any atom is 0.218 e. The number of nitrogens with zero attached hydrogens (tertiary/aromatic N) is 2. The number of nitrogen functional groups attached to an aromatic ring is 1. The molecular weight excluding hydrogens is 274 g/mol. The highest BCUT2D eigenvalue weighted by atomic mass is 32.2. The SMILES string of the molecule is CN1CCN(S(=O)(=O)Cc2ccc(N)cc2)CC1(C)C. The van der Waals surface area contributed by atoms with E-state index in [9.17, 15) is 8.42 Å². The van der Waals surface area contributed by atoms with Crippen LogP contribution < -0.4 is 5.73 Å². The van der Waals surface area contributed by atoms with Gasteiger partial charge in [0.05, 0.1) is 5.75 Å². The number of benzene rings is 1. The van der Waals surface area contributed by atoms with Gasteiger partial charge in [0.1, 0.15) is 0 Å². The van der Waals surface area contributed by atoms with Crippen LogP contribution in [-0.4, -0.2) is 49.8 Å². The third-order valence-electron chi connectivity index (χ3n) is 4.00. The van der Waals surface area contributed by atoms with Gasteiger partial charge in [0.2, 0.25) is 10.0 Å². The Morgan fingerprint density at radius 1 is 1.20 bits per heavy atom. The molecule has 1 aromatic rings. The minimum atomic E-state index is -3.28. The van der Waals surface area contributed by atoms with E-state index in [1.807, 2.05) is 7.05 Å². The van der Waals surface area contributed by atoms with Crippen molar-refractivity contribution in [2.45, 2.75) is 25.1 Å². The average Bonchev–Trinajstić information content (AvgIpc) is 2.35. The number of hydrogen-bond donors (Lipinski definition) is 1. The van der Waals surface area contributed by atoms with Gasteiger partial charge in [-0.3, -0.25) is 4.90 Å². The van der Waals surface area contributed by atoms with E-state index in [0.717, 1.165) is 12.1 Å². The van der Waals surface area contributed by atoms with Gasteiger partial charge in [0, 0.05) is 30.9 Å². The van der Waals surface area contributed by atoms with Crippen molar-refractivity contribution in [3.8, 4) is 0 Å². The molecule has 0 aromatic heterocycles. The Bertz CT molecular complexity index is 567. The summed E-state index contributed by atoms with van der Waals surface area (Å²) in [4.78, 5) is 2.20. The summed E-state index contributed by atoms with van der Waals surface area (Å²) in [5.74, 6) is 0.0348. The smallest absolute Gasteiger partial charge is 0.218 e. The van der Waals surface area contributed by atoms with Crippen molar-refractivity contribution < 1.29 is 8.42 Å². The van der Waals surface area contributed by atoms with Crippen LogP contribution in [0.4, 0.5) is 5.69 Å². The molecule has 0 aliphatic carbocycles. The van der Waals surface area contributed by atoms with E-state index in [2.05, 4.69) is 18.7 Å². The van der Waals surface area contributed by atoms with Crippen molar-refractivity contribution in [1.82, 2.24) is 9.21 Å². The molecule has 1 aromatic carbocycles. The highest BCUT2D eigenvalue weighted by Crippen LogP contribution is 2.23. The van der Waals surface area contributed by atoms with Crippen LogP contribution in [0.2, 0.25) is 0 Å². The second kappa shape index (κ2) is 5.35. The summed E-state index contributed by atoms with van der Waals surface area (Å²) in [6, 6.07) is 7.01. The number of nitrogens with two attached hydrogens (primary N) is 1. The molecule has 1 heterocycles. The summed E-state index contributed by atoms with van der Waals surface area (Å²) in [7, 11) is -1.25. The third-order valence-corrected chi connectivity index (χ3v) is 5.80. The highest BCUT2D eigenvalue weighted by molar-refractivity contribution is 7.88. The molecule has 5 nitrogen and oxygen atoms in total. The van der Waals surface area contributed by atoms with Gasteiger partial charge in [-0.05, 0) is 38.6 Å². The Balaban J connectivity index is 2.13. The minimum Gasteiger partial charge on any atom is -0.399 e. The topological polar surface area (TPSA) is 66.6 Å². The molecule has 0 spiro atoms. The number of hydrogen-bond acceptors (Lipinski definition) is 4. The Morgan fingerprint density at radius 3 is 2.35 bits per heavy atom. The number of piperazine rings is 1. The molecule has 0 radical (unpaired) electrons. The molecule has 0 amide bonds. The Labute approximate surface area is 121 Å². The third kappa shape index (κ3) is 3.31. The van der Waals surface area contributed by atoms with E-state index in [4.69, 9.17) is 5.73 Å². The molecule has 1 aliphatic rings. The van der Waals surface area contributed by atoms with E-state index >= 15 is 0 Å². The average molecular weight is 297 g/mol. The maximum absolute atomic E-state index is 12.5. The number of likely N-dealkylation sites (N-methyl/N-ethyl adjacent to an activating group) is 1. The van der Waals surface area contributed by atoms with Gasteiger partial charge >= 0.3 is 0 Å². The molecule has 0 atom stereocenters. The van der Waals surface area contributed by atoms with Gasteiger partial charge in [-0.1, -0.05) is 12.1 Å². The van der Waals surface area contributed by atoms with Crippen molar-refractivity contribution in [3.63, 3.8) is 0 Å². The summed E-state index contributed by atoms with van der Waals surface area (Å²) < 4.78 is 26.6. The predicted molar refractivity (Wildman–Crippen MR) is 81.8 cm³/mol. The van der Waals surface area contributed by atoms with E-state index in [0.29, 0.717) is 18.8 Å². The lowest BCUT2D eigenvalue weighted by Crippen LogP contribution is -2.58. The van der Waals surface area contributed by atoms with Crippen LogP contribution in [-0.2, 0) is 15.8 Å². The van der Waals surface area contributed by atoms with E-state index in [1.54, 1.807) is 28.6 Å². The fraction of sp³-hybridized carbons (Fsp3) is 0.571. The largest absolute Gasteiger partial charge is 0.399 e. The second-order valence-electron chi connectivity index (χ2n) is 6.07. The van der Waals surface area contributed by atoms with Crippen molar-refractivity contribution in [3.05, 3.63) is 29.8 Å². The van der Waals surface area contributed by atoms with Crippen LogP contribution in [0.5, 0.6) is 0 Å². The second-order valence-corrected chi connectivity index (χ2v) is 8.03. The summed E-state index contributed by atoms with van der Waals surface area (Å²) in [6.07, 6.45) is 0. The van der Waals surface area contributed by atoms with Gasteiger partial charge < -0.3 is 5.73 Å². The molecule has 1 fully saturated rings. The molecule has 1 saturated heterocycles. The van der Waals surface area contributed by atoms with Crippen molar-refractivity contribution in [1.29, 1.82) is 0 Å². The monoisotopic (exact) mass is 297 g/mol. The molecule has 0 saturated carbocycles. The molecular formula is C14H23N3O2S. The lowest BCUT2D eigenvalue weighted by molar-refractivity contribution is 0.0801. The standard InChI is InChI=1S/C14H23N3O2S/c1-14(2)11-17(9-8-16(14)3)20(18,19)10-12-4-6-13(15)7-5-12/h4-7H,8-11,15H2,1-3H3. The first-order chi connectivity index (χ1) is 9.21. The van der Waals surface area contributed by atoms with Crippen molar-refractivity contribution in [2.75, 3.05) is 32.4 Å². The lowest BCUT2D eigenvalue weighted by atomic mass is 10.0. The molecule has 20 heavy (non-hydrogen) atoms. The fourth-order valence-electron chi connectivity index (χ4n) is 2.35. The Kier molecular flexibility index (Phi) is 4.09. The van der Waals surface area contributed by atoms with Gasteiger partial charge in [-0.15, -0.1) is 0 Å². The summed E-state index contributed by atoms with van der Waals surface area (Å²) in [5, 5.41) is 0. The first-order valence-electron chi connectivity index (χ1n) is 6.74. The van der Waals surface area contributed by atoms with Gasteiger partial charge in [0.15, 0.2) is 0 Å². The zero-order valence-electron chi connectivity index (χ0n) is 12.3. The molecule has 6 heteroatoms. The quantitative estimate of drug-likeness (QED) is 0.849. The zero-order chi connectivity index (χ0) is 15.0. The molecule has 2 rings (SSSR count). The first-order valence-corrected chi connectivity index (χ1v) is 8.35. The molecule has 0 unspecified atom stereocenters. The van der Waals surface area contributed by atoms with Gasteiger partial charge in [-0.2, -0.15) is 4.31 Å². The van der Waals surface area contributed by atoms with Crippen LogP contribution in [0.25, 0.3) is 0 Å². The maximum atomic E-state index is 12.5. The van der Waals surface area contributed by atoms with Crippen molar-refractivity contribution in [2.24, 2.45) is 0 Å². The Hall–Kier alpha value is -1.11. The summed E-state index contributed by atoms with van der Waals surface area (Å²) in [5.41, 5.74) is 6.91. The molecule has 112 valence electrons. The van der Waals surface area contributed by atoms with E-state index < -0.39 is 10.0 Å². The van der Waals surface area contributed by atoms with Crippen LogP contribution >= 0.6 is 0 Å². The van der Waals surface area contributed by atoms with Crippen LogP contribution in [0.3, 0.4) is 0 Å². The first kappa shape index (κ1) is 15.3. The molecule has 2 N–H and O–H groups in total. The van der Waals surface area contributed by atoms with Crippen LogP contribution in [0, 0.1) is 0 Å². The van der Waals surface area contributed by atoms with Crippen LogP contribution in [0.1, 0.15) is 19.4 Å². The number of sulfonamides is 1. The highest BCUT2D eigenvalue weighted by Gasteiger charge is 2.36.